The summed E-state index contributed by atoms with van der Waals surface area (Å²) in [5.74, 6) is -0.921. The second kappa shape index (κ2) is 5.75. The Balaban J connectivity index is 2.06. The summed E-state index contributed by atoms with van der Waals surface area (Å²) < 4.78 is 1.74. The number of aromatic nitrogens is 2. The fourth-order valence-electron chi connectivity index (χ4n) is 2.90. The number of aliphatic carboxylic acids is 1. The van der Waals surface area contributed by atoms with E-state index in [1.165, 1.54) is 4.90 Å². The number of likely N-dealkylation sites (tertiary alicyclic amines) is 1. The molecule has 2 amide bonds. The van der Waals surface area contributed by atoms with E-state index in [9.17, 15) is 14.7 Å². The number of carbonyl (C=O) groups excluding carboxylic acids is 1. The van der Waals surface area contributed by atoms with E-state index in [4.69, 9.17) is 0 Å². The Labute approximate surface area is 123 Å². The molecule has 7 heteroatoms. The maximum absolute atomic E-state index is 12.3. The molecular formula is C14H22N4O3. The van der Waals surface area contributed by atoms with Crippen LogP contribution in [0.1, 0.15) is 37.4 Å². The van der Waals surface area contributed by atoms with Gasteiger partial charge in [0.2, 0.25) is 0 Å². The lowest BCUT2D eigenvalue weighted by Crippen LogP contribution is -2.55. The van der Waals surface area contributed by atoms with E-state index in [2.05, 4.69) is 10.4 Å². The molecule has 0 radical (unpaired) electrons. The molecule has 21 heavy (non-hydrogen) atoms. The molecule has 0 aromatic carbocycles. The van der Waals surface area contributed by atoms with Crippen LogP contribution in [0.5, 0.6) is 0 Å². The predicted molar refractivity (Wildman–Crippen MR) is 76.8 cm³/mol. The van der Waals surface area contributed by atoms with E-state index in [1.807, 2.05) is 20.9 Å². The Bertz CT molecular complexity index is 554. The van der Waals surface area contributed by atoms with Gasteiger partial charge in [0.05, 0.1) is 6.20 Å². The first-order chi connectivity index (χ1) is 9.92. The highest BCUT2D eigenvalue weighted by Gasteiger charge is 2.48. The zero-order chi connectivity index (χ0) is 15.6. The maximum atomic E-state index is 12.3. The number of nitrogens with one attached hydrogen (secondary N) is 1. The lowest BCUT2D eigenvalue weighted by molar-refractivity contribution is -0.148. The van der Waals surface area contributed by atoms with Gasteiger partial charge >= 0.3 is 12.0 Å². The molecule has 0 bridgehead atoms. The van der Waals surface area contributed by atoms with Gasteiger partial charge in [0.25, 0.3) is 0 Å². The van der Waals surface area contributed by atoms with Gasteiger partial charge in [0, 0.05) is 31.4 Å². The Kier molecular flexibility index (Phi) is 4.20. The average molecular weight is 294 g/mol. The largest absolute Gasteiger partial charge is 0.479 e. The van der Waals surface area contributed by atoms with Crippen LogP contribution in [0.25, 0.3) is 0 Å². The number of amides is 2. The minimum absolute atomic E-state index is 0.319. The molecule has 1 atom stereocenters. The topological polar surface area (TPSA) is 87.5 Å². The molecule has 0 saturated carbocycles. The number of carboxylic acids is 1. The van der Waals surface area contributed by atoms with Gasteiger partial charge in [0.1, 0.15) is 5.54 Å². The van der Waals surface area contributed by atoms with Crippen LogP contribution in [0.2, 0.25) is 0 Å². The van der Waals surface area contributed by atoms with Crippen molar-refractivity contribution in [3.8, 4) is 0 Å². The van der Waals surface area contributed by atoms with Gasteiger partial charge in [-0.05, 0) is 26.2 Å². The molecule has 2 N–H and O–H groups in total. The number of carboxylic acid groups (broad SMARTS) is 1. The van der Waals surface area contributed by atoms with Crippen LogP contribution >= 0.6 is 0 Å². The van der Waals surface area contributed by atoms with Gasteiger partial charge in [-0.1, -0.05) is 6.92 Å². The minimum atomic E-state index is -1.06. The van der Waals surface area contributed by atoms with Crippen LogP contribution in [0, 0.1) is 6.92 Å². The van der Waals surface area contributed by atoms with E-state index < -0.39 is 11.5 Å². The van der Waals surface area contributed by atoms with Crippen molar-refractivity contribution in [3.05, 3.63) is 17.5 Å². The third-order valence-corrected chi connectivity index (χ3v) is 4.48. The number of carbonyl (C=O) groups is 2. The molecule has 1 fully saturated rings. The van der Waals surface area contributed by atoms with Crippen molar-refractivity contribution in [2.24, 2.45) is 7.05 Å². The summed E-state index contributed by atoms with van der Waals surface area (Å²) in [5.41, 5.74) is 0.854. The highest BCUT2D eigenvalue weighted by molar-refractivity contribution is 5.87. The van der Waals surface area contributed by atoms with Crippen LogP contribution in [0.4, 0.5) is 4.79 Å². The molecule has 1 saturated heterocycles. The molecule has 2 heterocycles. The van der Waals surface area contributed by atoms with E-state index in [0.717, 1.165) is 17.7 Å². The number of rotatable bonds is 4. The molecule has 1 unspecified atom stereocenters. The molecule has 116 valence electrons. The lowest BCUT2D eigenvalue weighted by atomic mass is 9.93. The number of urea groups is 1. The van der Waals surface area contributed by atoms with Crippen LogP contribution < -0.4 is 5.32 Å². The number of hydrogen-bond donors (Lipinski definition) is 2. The summed E-state index contributed by atoms with van der Waals surface area (Å²) >= 11 is 0. The van der Waals surface area contributed by atoms with Gasteiger partial charge in [-0.25, -0.2) is 9.59 Å². The number of aryl methyl sites for hydroxylation is 1. The predicted octanol–water partition coefficient (Wildman–Crippen LogP) is 1.27. The fraction of sp³-hybridized carbons (Fsp3) is 0.643. The number of hydrogen-bond acceptors (Lipinski definition) is 3. The highest BCUT2D eigenvalue weighted by atomic mass is 16.4. The zero-order valence-corrected chi connectivity index (χ0v) is 12.7. The molecular weight excluding hydrogens is 272 g/mol. The van der Waals surface area contributed by atoms with Crippen molar-refractivity contribution < 1.29 is 14.7 Å². The van der Waals surface area contributed by atoms with Crippen molar-refractivity contribution in [1.82, 2.24) is 20.0 Å². The normalized spacial score (nSPS) is 21.6. The summed E-state index contributed by atoms with van der Waals surface area (Å²) in [4.78, 5) is 25.4. The molecule has 1 aliphatic rings. The van der Waals surface area contributed by atoms with Gasteiger partial charge in [0.15, 0.2) is 0 Å². The lowest BCUT2D eigenvalue weighted by Gasteiger charge is -2.33. The molecule has 7 nitrogen and oxygen atoms in total. The van der Waals surface area contributed by atoms with Crippen LogP contribution in [-0.2, 0) is 18.4 Å². The highest BCUT2D eigenvalue weighted by Crippen LogP contribution is 2.32. The minimum Gasteiger partial charge on any atom is -0.479 e. The second-order valence-electron chi connectivity index (χ2n) is 5.48. The van der Waals surface area contributed by atoms with E-state index in [1.54, 1.807) is 10.9 Å². The first kappa shape index (κ1) is 15.3. The fourth-order valence-corrected chi connectivity index (χ4v) is 2.90. The van der Waals surface area contributed by atoms with Crippen LogP contribution in [0.3, 0.4) is 0 Å². The standard InChI is InChI=1S/C14H22N4O3/c1-4-14(12(19)20)6-5-7-18(14)13(21)15-8-11-9-16-17(3)10(11)2/h9H,4-8H2,1-3H3,(H,15,21)(H,19,20). The summed E-state index contributed by atoms with van der Waals surface area (Å²) in [6.07, 6.45) is 3.36. The summed E-state index contributed by atoms with van der Waals surface area (Å²) in [6.45, 7) is 4.58. The van der Waals surface area contributed by atoms with Gasteiger partial charge in [-0.3, -0.25) is 4.68 Å². The van der Waals surface area contributed by atoms with Gasteiger partial charge < -0.3 is 15.3 Å². The molecule has 1 aliphatic heterocycles. The Morgan fingerprint density at radius 2 is 2.24 bits per heavy atom. The van der Waals surface area contributed by atoms with Crippen LogP contribution in [0.15, 0.2) is 6.20 Å². The van der Waals surface area contributed by atoms with Gasteiger partial charge in [-0.15, -0.1) is 0 Å². The monoisotopic (exact) mass is 294 g/mol. The third-order valence-electron chi connectivity index (χ3n) is 4.48. The third kappa shape index (κ3) is 2.59. The SMILES string of the molecule is CCC1(C(=O)O)CCCN1C(=O)NCc1cnn(C)c1C. The average Bonchev–Trinajstić information content (AvgIpc) is 3.03. The molecule has 2 rings (SSSR count). The maximum Gasteiger partial charge on any atom is 0.329 e. The summed E-state index contributed by atoms with van der Waals surface area (Å²) in [6, 6.07) is -0.319. The first-order valence-electron chi connectivity index (χ1n) is 7.18. The van der Waals surface area contributed by atoms with Crippen molar-refractivity contribution in [2.75, 3.05) is 6.54 Å². The van der Waals surface area contributed by atoms with Crippen molar-refractivity contribution in [1.29, 1.82) is 0 Å². The second-order valence-corrected chi connectivity index (χ2v) is 5.48. The Hall–Kier alpha value is -2.05. The van der Waals surface area contributed by atoms with Crippen molar-refractivity contribution >= 4 is 12.0 Å². The van der Waals surface area contributed by atoms with E-state index in [-0.39, 0.29) is 6.03 Å². The first-order valence-corrected chi connectivity index (χ1v) is 7.18. The smallest absolute Gasteiger partial charge is 0.329 e. The molecule has 1 aromatic rings. The Morgan fingerprint density at radius 3 is 2.76 bits per heavy atom. The molecule has 1 aromatic heterocycles. The molecule has 0 spiro atoms. The van der Waals surface area contributed by atoms with Gasteiger partial charge in [-0.2, -0.15) is 5.10 Å². The van der Waals surface area contributed by atoms with Crippen molar-refractivity contribution in [3.63, 3.8) is 0 Å². The van der Waals surface area contributed by atoms with Crippen LogP contribution in [-0.4, -0.2) is 43.9 Å². The van der Waals surface area contributed by atoms with E-state index >= 15 is 0 Å². The zero-order valence-electron chi connectivity index (χ0n) is 12.7. The summed E-state index contributed by atoms with van der Waals surface area (Å²) in [7, 11) is 1.84. The van der Waals surface area contributed by atoms with Crippen molar-refractivity contribution in [2.45, 2.75) is 45.2 Å². The number of nitrogens with zero attached hydrogens (tertiary/aromatic N) is 3. The van der Waals surface area contributed by atoms with E-state index in [0.29, 0.717) is 25.9 Å². The summed E-state index contributed by atoms with van der Waals surface area (Å²) in [5, 5.41) is 16.4. The Morgan fingerprint density at radius 1 is 1.52 bits per heavy atom. The quantitative estimate of drug-likeness (QED) is 0.875. The molecule has 0 aliphatic carbocycles.